The molecule has 1 N–H and O–H groups in total. The topological polar surface area (TPSA) is 45.2 Å². The number of hydrogen-bond acceptors (Lipinski definition) is 3. The van der Waals surface area contributed by atoms with Crippen LogP contribution in [-0.4, -0.2) is 24.0 Å². The second-order valence-electron chi connectivity index (χ2n) is 5.77. The number of carbonyl (C=O) groups excluding carboxylic acids is 1. The summed E-state index contributed by atoms with van der Waals surface area (Å²) in [6, 6.07) is 11.6. The van der Waals surface area contributed by atoms with Gasteiger partial charge >= 0.3 is 0 Å². The van der Waals surface area contributed by atoms with Gasteiger partial charge in [0.05, 0.1) is 11.9 Å². The third-order valence-corrected chi connectivity index (χ3v) is 3.94. The zero-order valence-corrected chi connectivity index (χ0v) is 14.3. The van der Waals surface area contributed by atoms with Crippen LogP contribution < -0.4 is 10.2 Å². The lowest BCUT2D eigenvalue weighted by Crippen LogP contribution is -2.22. The van der Waals surface area contributed by atoms with Crippen LogP contribution in [0.25, 0.3) is 0 Å². The molecule has 0 spiro atoms. The Balaban J connectivity index is 2.15. The number of hydrogen-bond donors (Lipinski definition) is 1. The Bertz CT molecular complexity index is 646. The lowest BCUT2D eigenvalue weighted by atomic mass is 10.0. The maximum absolute atomic E-state index is 12.4. The van der Waals surface area contributed by atoms with Crippen molar-refractivity contribution >= 4 is 17.3 Å². The molecule has 1 amide bonds. The van der Waals surface area contributed by atoms with Gasteiger partial charge in [-0.2, -0.15) is 0 Å². The van der Waals surface area contributed by atoms with Crippen molar-refractivity contribution in [1.29, 1.82) is 0 Å². The number of para-hydroxylation sites is 1. The average Bonchev–Trinajstić information content (AvgIpc) is 2.57. The van der Waals surface area contributed by atoms with E-state index < -0.39 is 0 Å². The SMILES string of the molecule is CCN(CC)c1ccc(C(=O)Nc2ccccc2C(C)C)nc1. The van der Waals surface area contributed by atoms with Crippen LogP contribution in [0.15, 0.2) is 42.6 Å². The summed E-state index contributed by atoms with van der Waals surface area (Å²) in [4.78, 5) is 18.9. The average molecular weight is 311 g/mol. The van der Waals surface area contributed by atoms with E-state index in [1.165, 1.54) is 0 Å². The van der Waals surface area contributed by atoms with Gasteiger partial charge < -0.3 is 10.2 Å². The van der Waals surface area contributed by atoms with E-state index in [1.807, 2.05) is 30.3 Å². The molecular weight excluding hydrogens is 286 g/mol. The quantitative estimate of drug-likeness (QED) is 0.865. The number of amides is 1. The van der Waals surface area contributed by atoms with Crippen LogP contribution in [-0.2, 0) is 0 Å². The van der Waals surface area contributed by atoms with Gasteiger partial charge in [-0.3, -0.25) is 4.79 Å². The van der Waals surface area contributed by atoms with E-state index >= 15 is 0 Å². The van der Waals surface area contributed by atoms with Gasteiger partial charge in [0, 0.05) is 18.8 Å². The van der Waals surface area contributed by atoms with Crippen molar-refractivity contribution in [2.45, 2.75) is 33.6 Å². The normalized spacial score (nSPS) is 10.7. The predicted molar refractivity (Wildman–Crippen MR) is 96.3 cm³/mol. The minimum absolute atomic E-state index is 0.177. The molecule has 4 heteroatoms. The minimum atomic E-state index is -0.177. The second-order valence-corrected chi connectivity index (χ2v) is 5.77. The largest absolute Gasteiger partial charge is 0.371 e. The number of benzene rings is 1. The van der Waals surface area contributed by atoms with Crippen molar-refractivity contribution in [1.82, 2.24) is 4.98 Å². The van der Waals surface area contributed by atoms with Gasteiger partial charge in [-0.25, -0.2) is 4.98 Å². The first-order chi connectivity index (χ1) is 11.1. The third kappa shape index (κ3) is 4.09. The number of aromatic nitrogens is 1. The molecule has 0 saturated heterocycles. The number of anilines is 2. The molecule has 0 fully saturated rings. The standard InChI is InChI=1S/C19H25N3O/c1-5-22(6-2)15-11-12-18(20-13-15)19(23)21-17-10-8-7-9-16(17)14(3)4/h7-14H,5-6H2,1-4H3,(H,21,23). The molecule has 0 aliphatic rings. The van der Waals surface area contributed by atoms with E-state index in [2.05, 4.69) is 42.9 Å². The zero-order chi connectivity index (χ0) is 16.8. The maximum atomic E-state index is 12.4. The summed E-state index contributed by atoms with van der Waals surface area (Å²) in [6.45, 7) is 10.3. The summed E-state index contributed by atoms with van der Waals surface area (Å²) in [5.74, 6) is 0.175. The van der Waals surface area contributed by atoms with Crippen LogP contribution in [0.1, 0.15) is 49.7 Å². The summed E-state index contributed by atoms with van der Waals surface area (Å²) < 4.78 is 0. The fourth-order valence-electron chi connectivity index (χ4n) is 2.60. The molecule has 0 unspecified atom stereocenters. The van der Waals surface area contributed by atoms with Crippen LogP contribution in [0.3, 0.4) is 0 Å². The van der Waals surface area contributed by atoms with E-state index in [0.29, 0.717) is 11.6 Å². The van der Waals surface area contributed by atoms with E-state index in [1.54, 1.807) is 12.3 Å². The first-order valence-corrected chi connectivity index (χ1v) is 8.18. The van der Waals surface area contributed by atoms with Crippen molar-refractivity contribution < 1.29 is 4.79 Å². The monoisotopic (exact) mass is 311 g/mol. The van der Waals surface area contributed by atoms with Gasteiger partial charge in [-0.05, 0) is 43.5 Å². The Morgan fingerprint density at radius 1 is 1.13 bits per heavy atom. The number of nitrogens with one attached hydrogen (secondary N) is 1. The van der Waals surface area contributed by atoms with Crippen molar-refractivity contribution in [3.05, 3.63) is 53.9 Å². The summed E-state index contributed by atoms with van der Waals surface area (Å²) in [7, 11) is 0. The Kier molecular flexibility index (Phi) is 5.74. The highest BCUT2D eigenvalue weighted by Crippen LogP contribution is 2.24. The number of rotatable bonds is 6. The van der Waals surface area contributed by atoms with Crippen LogP contribution in [0.4, 0.5) is 11.4 Å². The summed E-state index contributed by atoms with van der Waals surface area (Å²) >= 11 is 0. The molecule has 0 saturated carbocycles. The Hall–Kier alpha value is -2.36. The first kappa shape index (κ1) is 17.0. The molecule has 0 bridgehead atoms. The molecule has 2 rings (SSSR count). The van der Waals surface area contributed by atoms with Crippen LogP contribution in [0.5, 0.6) is 0 Å². The Labute approximate surface area is 138 Å². The van der Waals surface area contributed by atoms with Crippen molar-refractivity contribution in [3.8, 4) is 0 Å². The molecule has 23 heavy (non-hydrogen) atoms. The van der Waals surface area contributed by atoms with Gasteiger partial charge in [0.2, 0.25) is 0 Å². The van der Waals surface area contributed by atoms with E-state index in [-0.39, 0.29) is 5.91 Å². The molecule has 1 heterocycles. The molecule has 1 aromatic carbocycles. The van der Waals surface area contributed by atoms with Crippen molar-refractivity contribution in [2.75, 3.05) is 23.3 Å². The molecule has 0 aliphatic heterocycles. The lowest BCUT2D eigenvalue weighted by Gasteiger charge is -2.20. The summed E-state index contributed by atoms with van der Waals surface area (Å²) in [5.41, 5.74) is 3.44. The van der Waals surface area contributed by atoms with E-state index in [0.717, 1.165) is 30.0 Å². The molecular formula is C19H25N3O. The molecule has 0 radical (unpaired) electrons. The van der Waals surface area contributed by atoms with Gasteiger partial charge in [-0.1, -0.05) is 32.0 Å². The fourth-order valence-corrected chi connectivity index (χ4v) is 2.60. The smallest absolute Gasteiger partial charge is 0.274 e. The molecule has 1 aromatic heterocycles. The second kappa shape index (κ2) is 7.77. The third-order valence-electron chi connectivity index (χ3n) is 3.94. The van der Waals surface area contributed by atoms with E-state index in [9.17, 15) is 4.79 Å². The number of carbonyl (C=O) groups is 1. The Morgan fingerprint density at radius 3 is 2.39 bits per heavy atom. The van der Waals surface area contributed by atoms with Crippen molar-refractivity contribution in [3.63, 3.8) is 0 Å². The van der Waals surface area contributed by atoms with Gasteiger partial charge in [0.1, 0.15) is 5.69 Å². The van der Waals surface area contributed by atoms with Crippen LogP contribution >= 0.6 is 0 Å². The minimum Gasteiger partial charge on any atom is -0.371 e. The highest BCUT2D eigenvalue weighted by molar-refractivity contribution is 6.03. The highest BCUT2D eigenvalue weighted by atomic mass is 16.1. The summed E-state index contributed by atoms with van der Waals surface area (Å²) in [5, 5.41) is 2.97. The number of pyridine rings is 1. The number of nitrogens with zero attached hydrogens (tertiary/aromatic N) is 2. The molecule has 0 atom stereocenters. The molecule has 0 aliphatic carbocycles. The van der Waals surface area contributed by atoms with Gasteiger partial charge in [-0.15, -0.1) is 0 Å². The molecule has 2 aromatic rings. The maximum Gasteiger partial charge on any atom is 0.274 e. The van der Waals surface area contributed by atoms with Gasteiger partial charge in [0.25, 0.3) is 5.91 Å². The predicted octanol–water partition coefficient (Wildman–Crippen LogP) is 4.30. The van der Waals surface area contributed by atoms with Crippen molar-refractivity contribution in [2.24, 2.45) is 0 Å². The lowest BCUT2D eigenvalue weighted by molar-refractivity contribution is 0.102. The highest BCUT2D eigenvalue weighted by Gasteiger charge is 2.12. The Morgan fingerprint density at radius 2 is 1.83 bits per heavy atom. The first-order valence-electron chi connectivity index (χ1n) is 8.18. The van der Waals surface area contributed by atoms with Gasteiger partial charge in [0.15, 0.2) is 0 Å². The summed E-state index contributed by atoms with van der Waals surface area (Å²) in [6.07, 6.45) is 1.76. The molecule has 4 nitrogen and oxygen atoms in total. The fraction of sp³-hybridized carbons (Fsp3) is 0.368. The van der Waals surface area contributed by atoms with E-state index in [4.69, 9.17) is 0 Å². The van der Waals surface area contributed by atoms with Crippen LogP contribution in [0.2, 0.25) is 0 Å². The zero-order valence-electron chi connectivity index (χ0n) is 14.3. The molecule has 122 valence electrons. The van der Waals surface area contributed by atoms with Crippen LogP contribution in [0, 0.1) is 0 Å².